The molecule has 0 atom stereocenters. The second-order valence-corrected chi connectivity index (χ2v) is 4.54. The van der Waals surface area contributed by atoms with E-state index in [0.717, 1.165) is 14.9 Å². The summed E-state index contributed by atoms with van der Waals surface area (Å²) in [7, 11) is 7.92. The average molecular weight is 227 g/mol. The van der Waals surface area contributed by atoms with E-state index in [-0.39, 0.29) is 0 Å². The molecule has 0 spiro atoms. The zero-order valence-corrected chi connectivity index (χ0v) is 10.3. The molecule has 1 rings (SSSR count). The van der Waals surface area contributed by atoms with Crippen molar-refractivity contribution in [2.45, 2.75) is 5.03 Å². The first-order valence-electron chi connectivity index (χ1n) is 4.61. The largest absolute Gasteiger partial charge is 0.318 e. The van der Waals surface area contributed by atoms with E-state index in [2.05, 4.69) is 0 Å². The van der Waals surface area contributed by atoms with Gasteiger partial charge in [0.2, 0.25) is 6.20 Å². The molecule has 1 aromatic rings. The van der Waals surface area contributed by atoms with E-state index in [4.69, 9.17) is 0 Å². The quantitative estimate of drug-likeness (QED) is 0.249. The highest BCUT2D eigenvalue weighted by Gasteiger charge is 2.20. The minimum atomic E-state index is 0.787. The summed E-state index contributed by atoms with van der Waals surface area (Å²) in [5, 5.41) is 11.4. The zero-order chi connectivity index (χ0) is 11.4. The third-order valence-corrected chi connectivity index (χ3v) is 3.21. The molecule has 1 N–H and O–H groups in total. The Morgan fingerprint density at radius 2 is 2.07 bits per heavy atom. The van der Waals surface area contributed by atoms with Crippen molar-refractivity contribution >= 4 is 16.9 Å². The molecule has 5 heteroatoms. The summed E-state index contributed by atoms with van der Waals surface area (Å²) in [6, 6.07) is 5.56. The van der Waals surface area contributed by atoms with Crippen LogP contribution in [0.2, 0.25) is 0 Å². The standard InChI is InChI=1S/C10H17N3OS/c1-11(2)10(12(3)4)15-9-7-5-6-8-13(9)14/h5-8,14H,1-4H3/q+2. The molecule has 0 saturated carbocycles. The van der Waals surface area contributed by atoms with Gasteiger partial charge in [-0.2, -0.15) is 0 Å². The van der Waals surface area contributed by atoms with Gasteiger partial charge in [0.15, 0.2) is 0 Å². The Labute approximate surface area is 94.4 Å². The van der Waals surface area contributed by atoms with Gasteiger partial charge in [-0.1, -0.05) is 0 Å². The van der Waals surface area contributed by atoms with Crippen LogP contribution in [0.4, 0.5) is 0 Å². The molecule has 0 saturated heterocycles. The number of hydrogen-bond donors (Lipinski definition) is 1. The van der Waals surface area contributed by atoms with Gasteiger partial charge in [0.05, 0.1) is 40.0 Å². The lowest BCUT2D eigenvalue weighted by Gasteiger charge is -2.08. The van der Waals surface area contributed by atoms with Crippen molar-refractivity contribution in [2.24, 2.45) is 0 Å². The number of nitrogens with zero attached hydrogens (tertiary/aromatic N) is 3. The third-order valence-electron chi connectivity index (χ3n) is 1.76. The summed E-state index contributed by atoms with van der Waals surface area (Å²) in [6.07, 6.45) is 1.62. The molecule has 0 aromatic carbocycles. The van der Waals surface area contributed by atoms with Crippen molar-refractivity contribution in [2.75, 3.05) is 28.2 Å². The first kappa shape index (κ1) is 11.8. The fraction of sp³-hybridized carbons (Fsp3) is 0.400. The van der Waals surface area contributed by atoms with Gasteiger partial charge in [0, 0.05) is 16.9 Å². The predicted molar refractivity (Wildman–Crippen MR) is 60.5 cm³/mol. The Kier molecular flexibility index (Phi) is 3.96. The van der Waals surface area contributed by atoms with Crippen LogP contribution in [0.5, 0.6) is 0 Å². The fourth-order valence-electron chi connectivity index (χ4n) is 1.18. The number of rotatable bonds is 1. The van der Waals surface area contributed by atoms with Gasteiger partial charge in [-0.3, -0.25) is 14.7 Å². The molecule has 1 heterocycles. The van der Waals surface area contributed by atoms with E-state index >= 15 is 0 Å². The Bertz CT molecular complexity index is 373. The van der Waals surface area contributed by atoms with Crippen LogP contribution >= 0.6 is 11.8 Å². The number of amidine groups is 1. The lowest BCUT2D eigenvalue weighted by molar-refractivity contribution is -0.932. The van der Waals surface area contributed by atoms with Crippen LogP contribution in [0.1, 0.15) is 0 Å². The first-order chi connectivity index (χ1) is 7.02. The van der Waals surface area contributed by atoms with Crippen molar-refractivity contribution in [1.29, 1.82) is 0 Å². The first-order valence-corrected chi connectivity index (χ1v) is 5.43. The van der Waals surface area contributed by atoms with Gasteiger partial charge in [0.25, 0.3) is 0 Å². The maximum atomic E-state index is 9.57. The molecule has 0 bridgehead atoms. The van der Waals surface area contributed by atoms with Crippen LogP contribution < -0.4 is 4.73 Å². The monoisotopic (exact) mass is 227 g/mol. The summed E-state index contributed by atoms with van der Waals surface area (Å²) in [5.41, 5.74) is 0. The zero-order valence-electron chi connectivity index (χ0n) is 9.51. The molecule has 4 nitrogen and oxygen atoms in total. The fourth-order valence-corrected chi connectivity index (χ4v) is 2.03. The smallest absolute Gasteiger partial charge is 0.284 e. The minimum Gasteiger partial charge on any atom is -0.284 e. The van der Waals surface area contributed by atoms with Gasteiger partial charge < -0.3 is 0 Å². The number of aromatic nitrogens is 1. The van der Waals surface area contributed by atoms with Crippen molar-refractivity contribution in [3.8, 4) is 0 Å². The number of hydrogen-bond acceptors (Lipinski definition) is 2. The van der Waals surface area contributed by atoms with E-state index < -0.39 is 0 Å². The summed E-state index contributed by atoms with van der Waals surface area (Å²) in [6.45, 7) is 0. The molecule has 82 valence electrons. The van der Waals surface area contributed by atoms with Crippen molar-refractivity contribution < 1.29 is 14.5 Å². The molecule has 0 unspecified atom stereocenters. The molecular weight excluding hydrogens is 210 g/mol. The van der Waals surface area contributed by atoms with Crippen LogP contribution in [-0.2, 0) is 0 Å². The van der Waals surface area contributed by atoms with Crippen LogP contribution in [0.3, 0.4) is 0 Å². The maximum absolute atomic E-state index is 9.57. The lowest BCUT2D eigenvalue weighted by atomic mass is 10.5. The van der Waals surface area contributed by atoms with E-state index in [1.807, 2.05) is 49.8 Å². The Hall–Kier alpha value is -1.23. The van der Waals surface area contributed by atoms with Crippen LogP contribution in [0.15, 0.2) is 29.4 Å². The summed E-state index contributed by atoms with van der Waals surface area (Å²) >= 11 is 1.51. The highest BCUT2D eigenvalue weighted by molar-refractivity contribution is 8.13. The summed E-state index contributed by atoms with van der Waals surface area (Å²) in [4.78, 5) is 2.01. The molecule has 0 aliphatic carbocycles. The molecule has 0 radical (unpaired) electrons. The molecule has 1 aromatic heterocycles. The lowest BCUT2D eigenvalue weighted by Crippen LogP contribution is -2.34. The van der Waals surface area contributed by atoms with Crippen molar-refractivity contribution in [1.82, 2.24) is 4.90 Å². The predicted octanol–water partition coefficient (Wildman–Crippen LogP) is 0.493. The second kappa shape index (κ2) is 5.02. The number of thioether (sulfide) groups is 1. The van der Waals surface area contributed by atoms with Crippen LogP contribution in [0, 0.1) is 0 Å². The minimum absolute atomic E-state index is 0.787. The molecule has 0 aliphatic rings. The van der Waals surface area contributed by atoms with E-state index in [1.54, 1.807) is 12.3 Å². The molecule has 0 aliphatic heterocycles. The van der Waals surface area contributed by atoms with E-state index in [1.165, 1.54) is 11.8 Å². The van der Waals surface area contributed by atoms with E-state index in [0.29, 0.717) is 0 Å². The van der Waals surface area contributed by atoms with Crippen molar-refractivity contribution in [3.63, 3.8) is 0 Å². The Balaban J connectivity index is 2.95. The normalized spacial score (nSPS) is 9.87. The van der Waals surface area contributed by atoms with Crippen LogP contribution in [0.25, 0.3) is 0 Å². The molecular formula is C10H17N3OS+2. The van der Waals surface area contributed by atoms with Gasteiger partial charge in [-0.05, 0) is 6.07 Å². The molecule has 0 fully saturated rings. The Morgan fingerprint density at radius 3 is 2.53 bits per heavy atom. The third kappa shape index (κ3) is 3.13. The SMILES string of the molecule is CN(C)C(Sc1cccc[n+]1O)=[N+](C)C. The van der Waals surface area contributed by atoms with Gasteiger partial charge in [-0.25, -0.2) is 0 Å². The Morgan fingerprint density at radius 1 is 1.40 bits per heavy atom. The van der Waals surface area contributed by atoms with Crippen LogP contribution in [-0.4, -0.2) is 48.0 Å². The van der Waals surface area contributed by atoms with Gasteiger partial charge in [-0.15, -0.1) is 0 Å². The highest BCUT2D eigenvalue weighted by Crippen LogP contribution is 2.15. The average Bonchev–Trinajstić information content (AvgIpc) is 2.15. The summed E-state index contributed by atoms with van der Waals surface area (Å²) < 4.78 is 3.13. The maximum Gasteiger partial charge on any atom is 0.318 e. The second-order valence-electron chi connectivity index (χ2n) is 3.56. The van der Waals surface area contributed by atoms with Gasteiger partial charge in [0.1, 0.15) is 0 Å². The topological polar surface area (TPSA) is 30.4 Å². The molecule has 15 heavy (non-hydrogen) atoms. The highest BCUT2D eigenvalue weighted by atomic mass is 32.2. The molecule has 0 amide bonds. The van der Waals surface area contributed by atoms with E-state index in [9.17, 15) is 5.21 Å². The number of pyridine rings is 1. The van der Waals surface area contributed by atoms with Crippen molar-refractivity contribution in [3.05, 3.63) is 24.4 Å². The summed E-state index contributed by atoms with van der Waals surface area (Å²) in [5.74, 6) is 0. The van der Waals surface area contributed by atoms with Gasteiger partial charge >= 0.3 is 10.2 Å².